The lowest BCUT2D eigenvalue weighted by Crippen LogP contribution is -2.43. The van der Waals surface area contributed by atoms with Gasteiger partial charge < -0.3 is 20.9 Å². The Morgan fingerprint density at radius 3 is 2.36 bits per heavy atom. The molecule has 0 saturated carbocycles. The molecule has 3 heterocycles. The van der Waals surface area contributed by atoms with E-state index < -0.39 is 17.8 Å². The highest BCUT2D eigenvalue weighted by Crippen LogP contribution is 2.32. The number of urea groups is 1. The van der Waals surface area contributed by atoms with E-state index >= 15 is 0 Å². The highest BCUT2D eigenvalue weighted by molar-refractivity contribution is 6.00. The number of alkyl halides is 3. The minimum atomic E-state index is -4.53. The Morgan fingerprint density at radius 1 is 0.949 bits per heavy atom. The lowest BCUT2D eigenvalue weighted by Gasteiger charge is -2.32. The van der Waals surface area contributed by atoms with Crippen LogP contribution in [0.1, 0.15) is 11.1 Å². The van der Waals surface area contributed by atoms with Crippen molar-refractivity contribution in [3.8, 4) is 5.69 Å². The molecule has 5 rings (SSSR count). The molecule has 2 aromatic carbocycles. The standard InChI is InChI=1S/C26H28F3N9O/c1-30-23-22-24(32-15-31-23)38(16-33-22)21-5-3-19(4-6-21)34-25(39)35-20-12-17(11-18(13-20)26(27,28)29)14-37-9-7-36(2)8-10-37/h3-6,11-13,15-16H,7-10,14H2,1-2H3,(H,30,31,32)(H2,34,35,39). The molecule has 1 aliphatic rings. The van der Waals surface area contributed by atoms with E-state index in [4.69, 9.17) is 0 Å². The molecule has 204 valence electrons. The molecule has 39 heavy (non-hydrogen) atoms. The second kappa shape index (κ2) is 10.9. The maximum atomic E-state index is 13.6. The van der Waals surface area contributed by atoms with Crippen LogP contribution < -0.4 is 16.0 Å². The number of benzene rings is 2. The van der Waals surface area contributed by atoms with Crippen LogP contribution in [-0.4, -0.2) is 75.6 Å². The van der Waals surface area contributed by atoms with E-state index in [-0.39, 0.29) is 5.69 Å². The highest BCUT2D eigenvalue weighted by Gasteiger charge is 2.31. The Bertz CT molecular complexity index is 1460. The van der Waals surface area contributed by atoms with Gasteiger partial charge in [0.05, 0.1) is 5.56 Å². The lowest BCUT2D eigenvalue weighted by molar-refractivity contribution is -0.137. The van der Waals surface area contributed by atoms with Gasteiger partial charge in [0.2, 0.25) is 0 Å². The number of amides is 2. The van der Waals surface area contributed by atoms with Gasteiger partial charge in [0.15, 0.2) is 17.0 Å². The number of halogens is 3. The van der Waals surface area contributed by atoms with Crippen molar-refractivity contribution in [3.63, 3.8) is 0 Å². The summed E-state index contributed by atoms with van der Waals surface area (Å²) in [5.74, 6) is 0.606. The molecule has 3 N–H and O–H groups in total. The molecule has 13 heteroatoms. The maximum absolute atomic E-state index is 13.6. The van der Waals surface area contributed by atoms with Crippen LogP contribution in [0.15, 0.2) is 55.1 Å². The first-order valence-electron chi connectivity index (χ1n) is 12.4. The van der Waals surface area contributed by atoms with Gasteiger partial charge >= 0.3 is 12.2 Å². The van der Waals surface area contributed by atoms with E-state index in [9.17, 15) is 18.0 Å². The molecule has 0 bridgehead atoms. The molecule has 0 aliphatic carbocycles. The van der Waals surface area contributed by atoms with Crippen LogP contribution in [0.25, 0.3) is 16.9 Å². The van der Waals surface area contributed by atoms with Crippen LogP contribution in [0.5, 0.6) is 0 Å². The minimum Gasteiger partial charge on any atom is -0.371 e. The van der Waals surface area contributed by atoms with Crippen molar-refractivity contribution in [3.05, 3.63) is 66.2 Å². The summed E-state index contributed by atoms with van der Waals surface area (Å²) in [7, 11) is 3.77. The normalized spacial score (nSPS) is 14.9. The second-order valence-corrected chi connectivity index (χ2v) is 9.38. The number of fused-ring (bicyclic) bond motifs is 1. The van der Waals surface area contributed by atoms with Crippen LogP contribution in [0.2, 0.25) is 0 Å². The number of carbonyl (C=O) groups excluding carboxylic acids is 1. The van der Waals surface area contributed by atoms with E-state index in [1.54, 1.807) is 48.3 Å². The van der Waals surface area contributed by atoms with Crippen molar-refractivity contribution in [2.45, 2.75) is 12.7 Å². The van der Waals surface area contributed by atoms with Crippen molar-refractivity contribution in [2.24, 2.45) is 0 Å². The SMILES string of the molecule is CNc1ncnc2c1ncn2-c1ccc(NC(=O)Nc2cc(CN3CCN(C)CC3)cc(C(F)(F)F)c2)cc1. The molecule has 1 saturated heterocycles. The van der Waals surface area contributed by atoms with Crippen LogP contribution >= 0.6 is 0 Å². The fourth-order valence-electron chi connectivity index (χ4n) is 4.49. The molecule has 0 atom stereocenters. The number of likely N-dealkylation sites (N-methyl/N-ethyl adjacent to an activating group) is 1. The Kier molecular flexibility index (Phi) is 7.35. The molecule has 0 unspecified atom stereocenters. The summed E-state index contributed by atoms with van der Waals surface area (Å²) < 4.78 is 42.6. The smallest absolute Gasteiger partial charge is 0.371 e. The van der Waals surface area contributed by atoms with Crippen LogP contribution in [0, 0.1) is 0 Å². The third kappa shape index (κ3) is 6.10. The summed E-state index contributed by atoms with van der Waals surface area (Å²) in [6.45, 7) is 3.62. The second-order valence-electron chi connectivity index (χ2n) is 9.38. The zero-order valence-corrected chi connectivity index (χ0v) is 21.5. The predicted molar refractivity (Wildman–Crippen MR) is 143 cm³/mol. The molecular formula is C26H28F3N9O. The fraction of sp³-hybridized carbons (Fsp3) is 0.308. The van der Waals surface area contributed by atoms with Crippen molar-refractivity contribution in [1.29, 1.82) is 0 Å². The minimum absolute atomic E-state index is 0.0768. The van der Waals surface area contributed by atoms with Crippen molar-refractivity contribution in [1.82, 2.24) is 29.3 Å². The summed E-state index contributed by atoms with van der Waals surface area (Å²) >= 11 is 0. The Hall–Kier alpha value is -4.23. The number of hydrogen-bond donors (Lipinski definition) is 3. The average Bonchev–Trinajstić information content (AvgIpc) is 3.34. The topological polar surface area (TPSA) is 103 Å². The number of imidazole rings is 1. The van der Waals surface area contributed by atoms with Crippen LogP contribution in [-0.2, 0) is 12.7 Å². The van der Waals surface area contributed by atoms with Gasteiger partial charge in [-0.2, -0.15) is 13.2 Å². The number of piperazine rings is 1. The first-order chi connectivity index (χ1) is 18.7. The van der Waals surface area contributed by atoms with Crippen molar-refractivity contribution >= 4 is 34.4 Å². The summed E-state index contributed by atoms with van der Waals surface area (Å²) in [5.41, 5.74) is 2.23. The number of anilines is 3. The molecule has 4 aromatic rings. The summed E-state index contributed by atoms with van der Waals surface area (Å²) in [6, 6.07) is 9.95. The third-order valence-electron chi connectivity index (χ3n) is 6.55. The molecule has 0 radical (unpaired) electrons. The third-order valence-corrected chi connectivity index (χ3v) is 6.55. The Balaban J connectivity index is 1.28. The number of nitrogens with one attached hydrogen (secondary N) is 3. The van der Waals surface area contributed by atoms with Gasteiger partial charge in [-0.15, -0.1) is 0 Å². The number of rotatable bonds is 6. The zero-order chi connectivity index (χ0) is 27.6. The lowest BCUT2D eigenvalue weighted by atomic mass is 10.1. The van der Waals surface area contributed by atoms with Crippen LogP contribution in [0.4, 0.5) is 35.2 Å². The summed E-state index contributed by atoms with van der Waals surface area (Å²) in [5, 5.41) is 8.20. The number of carbonyl (C=O) groups is 1. The largest absolute Gasteiger partial charge is 0.416 e. The predicted octanol–water partition coefficient (Wildman–Crippen LogP) is 4.27. The quantitative estimate of drug-likeness (QED) is 0.336. The molecule has 1 aliphatic heterocycles. The van der Waals surface area contributed by atoms with E-state index in [1.165, 1.54) is 6.33 Å². The van der Waals surface area contributed by atoms with E-state index in [1.807, 2.05) is 7.05 Å². The molecule has 10 nitrogen and oxygen atoms in total. The van der Waals surface area contributed by atoms with Gasteiger partial charge in [-0.05, 0) is 55.1 Å². The first-order valence-corrected chi connectivity index (χ1v) is 12.4. The van der Waals surface area contributed by atoms with Gasteiger partial charge in [-0.1, -0.05) is 0 Å². The van der Waals surface area contributed by atoms with Gasteiger partial charge in [0, 0.05) is 56.8 Å². The van der Waals surface area contributed by atoms with E-state index in [0.717, 1.165) is 44.0 Å². The van der Waals surface area contributed by atoms with Gasteiger partial charge in [0.1, 0.15) is 12.7 Å². The monoisotopic (exact) mass is 539 g/mol. The van der Waals surface area contributed by atoms with Gasteiger partial charge in [0.25, 0.3) is 0 Å². The van der Waals surface area contributed by atoms with E-state index in [2.05, 4.69) is 40.7 Å². The molecule has 2 aromatic heterocycles. The van der Waals surface area contributed by atoms with E-state index in [0.29, 0.717) is 34.8 Å². The Labute approximate surface area is 222 Å². The number of aromatic nitrogens is 4. The maximum Gasteiger partial charge on any atom is 0.416 e. The Morgan fingerprint density at radius 2 is 1.67 bits per heavy atom. The summed E-state index contributed by atoms with van der Waals surface area (Å²) in [6.07, 6.45) is -1.46. The number of hydrogen-bond acceptors (Lipinski definition) is 7. The van der Waals surface area contributed by atoms with Gasteiger partial charge in [-0.25, -0.2) is 19.7 Å². The molecule has 0 spiro atoms. The van der Waals surface area contributed by atoms with Crippen LogP contribution in [0.3, 0.4) is 0 Å². The van der Waals surface area contributed by atoms with Gasteiger partial charge in [-0.3, -0.25) is 9.47 Å². The van der Waals surface area contributed by atoms with Crippen molar-refractivity contribution < 1.29 is 18.0 Å². The highest BCUT2D eigenvalue weighted by atomic mass is 19.4. The average molecular weight is 540 g/mol. The first kappa shape index (κ1) is 26.4. The number of nitrogens with zero attached hydrogens (tertiary/aromatic N) is 6. The summed E-state index contributed by atoms with van der Waals surface area (Å²) in [4.78, 5) is 29.8. The van der Waals surface area contributed by atoms with Crippen molar-refractivity contribution in [2.75, 3.05) is 56.2 Å². The zero-order valence-electron chi connectivity index (χ0n) is 21.5. The molecule has 2 amide bonds. The molecule has 1 fully saturated rings. The molecular weight excluding hydrogens is 511 g/mol. The fourth-order valence-corrected chi connectivity index (χ4v) is 4.49.